The molecule has 0 radical (unpaired) electrons. The van der Waals surface area contributed by atoms with Gasteiger partial charge in [-0.3, -0.25) is 4.79 Å². The maximum absolute atomic E-state index is 12.3. The minimum atomic E-state index is -0.0281. The summed E-state index contributed by atoms with van der Waals surface area (Å²) in [4.78, 5) is 13.9. The SMILES string of the molecule is COc1ccc(OCCN(C)C(=O)c2cccc(Br)c2)cc1. The monoisotopic (exact) mass is 363 g/mol. The van der Waals surface area contributed by atoms with Crippen LogP contribution in [0.15, 0.2) is 53.0 Å². The second-order valence-electron chi connectivity index (χ2n) is 4.76. The molecule has 0 fully saturated rings. The standard InChI is InChI=1S/C17H18BrNO3/c1-19(17(20)13-4-3-5-14(18)12-13)10-11-22-16-8-6-15(21-2)7-9-16/h3-9,12H,10-11H2,1-2H3. The van der Waals surface area contributed by atoms with E-state index in [1.807, 2.05) is 42.5 Å². The Morgan fingerprint density at radius 2 is 1.82 bits per heavy atom. The predicted molar refractivity (Wildman–Crippen MR) is 89.6 cm³/mol. The molecule has 2 rings (SSSR count). The summed E-state index contributed by atoms with van der Waals surface area (Å²) in [5, 5.41) is 0. The highest BCUT2D eigenvalue weighted by atomic mass is 79.9. The van der Waals surface area contributed by atoms with E-state index in [4.69, 9.17) is 9.47 Å². The fourth-order valence-electron chi connectivity index (χ4n) is 1.92. The van der Waals surface area contributed by atoms with Gasteiger partial charge in [-0.2, -0.15) is 0 Å². The maximum atomic E-state index is 12.3. The van der Waals surface area contributed by atoms with E-state index < -0.39 is 0 Å². The lowest BCUT2D eigenvalue weighted by molar-refractivity contribution is 0.0773. The van der Waals surface area contributed by atoms with Crippen LogP contribution in [0.1, 0.15) is 10.4 Å². The highest BCUT2D eigenvalue weighted by molar-refractivity contribution is 9.10. The third kappa shape index (κ3) is 4.49. The average Bonchev–Trinajstić information content (AvgIpc) is 2.54. The Kier molecular flexibility index (Phi) is 5.83. The number of likely N-dealkylation sites (N-methyl/N-ethyl adjacent to an activating group) is 1. The predicted octanol–water partition coefficient (Wildman–Crippen LogP) is 3.61. The molecule has 0 aliphatic carbocycles. The third-order valence-electron chi connectivity index (χ3n) is 3.17. The molecule has 5 heteroatoms. The number of amides is 1. The van der Waals surface area contributed by atoms with Crippen molar-refractivity contribution >= 4 is 21.8 Å². The lowest BCUT2D eigenvalue weighted by atomic mass is 10.2. The highest BCUT2D eigenvalue weighted by Gasteiger charge is 2.11. The Balaban J connectivity index is 1.84. The Morgan fingerprint density at radius 3 is 2.45 bits per heavy atom. The average molecular weight is 364 g/mol. The molecule has 4 nitrogen and oxygen atoms in total. The number of nitrogens with zero attached hydrogens (tertiary/aromatic N) is 1. The van der Waals surface area contributed by atoms with Gasteiger partial charge in [0.1, 0.15) is 18.1 Å². The van der Waals surface area contributed by atoms with Gasteiger partial charge in [0, 0.05) is 17.1 Å². The molecule has 0 aliphatic rings. The zero-order valence-corrected chi connectivity index (χ0v) is 14.2. The highest BCUT2D eigenvalue weighted by Crippen LogP contribution is 2.17. The molecule has 0 saturated heterocycles. The van der Waals surface area contributed by atoms with E-state index in [0.717, 1.165) is 16.0 Å². The van der Waals surface area contributed by atoms with Crippen molar-refractivity contribution in [2.45, 2.75) is 0 Å². The van der Waals surface area contributed by atoms with Gasteiger partial charge in [-0.1, -0.05) is 22.0 Å². The van der Waals surface area contributed by atoms with Crippen LogP contribution in [0.5, 0.6) is 11.5 Å². The number of ether oxygens (including phenoxy) is 2. The molecule has 0 spiro atoms. The van der Waals surface area contributed by atoms with Crippen molar-refractivity contribution in [2.24, 2.45) is 0 Å². The van der Waals surface area contributed by atoms with Gasteiger partial charge in [0.2, 0.25) is 0 Å². The quantitative estimate of drug-likeness (QED) is 0.786. The first kappa shape index (κ1) is 16.4. The Labute approximate surface area is 138 Å². The van der Waals surface area contributed by atoms with E-state index in [1.165, 1.54) is 0 Å². The topological polar surface area (TPSA) is 38.8 Å². The summed E-state index contributed by atoms with van der Waals surface area (Å²) in [6.07, 6.45) is 0. The molecule has 0 saturated carbocycles. The molecule has 0 unspecified atom stereocenters. The van der Waals surface area contributed by atoms with Gasteiger partial charge in [0.25, 0.3) is 5.91 Å². The van der Waals surface area contributed by atoms with Gasteiger partial charge in [-0.25, -0.2) is 0 Å². The van der Waals surface area contributed by atoms with Crippen molar-refractivity contribution < 1.29 is 14.3 Å². The molecule has 0 heterocycles. The summed E-state index contributed by atoms with van der Waals surface area (Å²) in [5.41, 5.74) is 0.654. The number of hydrogen-bond donors (Lipinski definition) is 0. The van der Waals surface area contributed by atoms with Gasteiger partial charge in [0.15, 0.2) is 0 Å². The Hall–Kier alpha value is -2.01. The van der Waals surface area contributed by atoms with E-state index in [2.05, 4.69) is 15.9 Å². The Bertz CT molecular complexity index is 628. The first-order chi connectivity index (χ1) is 10.6. The van der Waals surface area contributed by atoms with Crippen LogP contribution in [0.25, 0.3) is 0 Å². The maximum Gasteiger partial charge on any atom is 0.253 e. The van der Waals surface area contributed by atoms with Gasteiger partial charge in [0.05, 0.1) is 13.7 Å². The number of rotatable bonds is 6. The summed E-state index contributed by atoms with van der Waals surface area (Å²) in [5.74, 6) is 1.51. The minimum Gasteiger partial charge on any atom is -0.497 e. The van der Waals surface area contributed by atoms with Crippen molar-refractivity contribution in [1.29, 1.82) is 0 Å². The van der Waals surface area contributed by atoms with Crippen LogP contribution in [0, 0.1) is 0 Å². The van der Waals surface area contributed by atoms with Gasteiger partial charge >= 0.3 is 0 Å². The first-order valence-corrected chi connectivity index (χ1v) is 7.67. The van der Waals surface area contributed by atoms with E-state index in [9.17, 15) is 4.79 Å². The first-order valence-electron chi connectivity index (χ1n) is 6.88. The summed E-state index contributed by atoms with van der Waals surface area (Å²) < 4.78 is 11.6. The molecule has 0 aromatic heterocycles. The van der Waals surface area contributed by atoms with Crippen molar-refractivity contribution in [2.75, 3.05) is 27.3 Å². The number of carbonyl (C=O) groups excluding carboxylic acids is 1. The molecular formula is C17H18BrNO3. The van der Waals surface area contributed by atoms with E-state index in [1.54, 1.807) is 25.1 Å². The van der Waals surface area contributed by atoms with Crippen LogP contribution in [-0.2, 0) is 0 Å². The lowest BCUT2D eigenvalue weighted by Gasteiger charge is -2.17. The largest absolute Gasteiger partial charge is 0.497 e. The second kappa shape index (κ2) is 7.84. The smallest absolute Gasteiger partial charge is 0.253 e. The second-order valence-corrected chi connectivity index (χ2v) is 5.68. The molecule has 1 amide bonds. The number of carbonyl (C=O) groups is 1. The van der Waals surface area contributed by atoms with Crippen LogP contribution in [0.3, 0.4) is 0 Å². The molecule has 0 bridgehead atoms. The van der Waals surface area contributed by atoms with Gasteiger partial charge < -0.3 is 14.4 Å². The van der Waals surface area contributed by atoms with Crippen LogP contribution < -0.4 is 9.47 Å². The molecule has 0 N–H and O–H groups in total. The summed E-state index contributed by atoms with van der Waals surface area (Å²) in [6.45, 7) is 0.944. The lowest BCUT2D eigenvalue weighted by Crippen LogP contribution is -2.30. The van der Waals surface area contributed by atoms with Crippen LogP contribution in [0.2, 0.25) is 0 Å². The Morgan fingerprint density at radius 1 is 1.14 bits per heavy atom. The van der Waals surface area contributed by atoms with Crippen molar-refractivity contribution in [1.82, 2.24) is 4.90 Å². The van der Waals surface area contributed by atoms with E-state index in [0.29, 0.717) is 18.7 Å². The number of halogens is 1. The molecule has 0 atom stereocenters. The van der Waals surface area contributed by atoms with Crippen molar-refractivity contribution in [3.05, 3.63) is 58.6 Å². The fourth-order valence-corrected chi connectivity index (χ4v) is 2.32. The normalized spacial score (nSPS) is 10.1. The summed E-state index contributed by atoms with van der Waals surface area (Å²) in [6, 6.07) is 14.7. The van der Waals surface area contributed by atoms with Crippen molar-refractivity contribution in [3.63, 3.8) is 0 Å². The summed E-state index contributed by atoms with van der Waals surface area (Å²) in [7, 11) is 3.39. The summed E-state index contributed by atoms with van der Waals surface area (Å²) >= 11 is 3.37. The number of methoxy groups -OCH3 is 1. The molecule has 116 valence electrons. The van der Waals surface area contributed by atoms with Crippen LogP contribution in [-0.4, -0.2) is 38.1 Å². The van der Waals surface area contributed by atoms with Crippen molar-refractivity contribution in [3.8, 4) is 11.5 Å². The zero-order valence-electron chi connectivity index (χ0n) is 12.6. The number of hydrogen-bond acceptors (Lipinski definition) is 3. The minimum absolute atomic E-state index is 0.0281. The molecular weight excluding hydrogens is 346 g/mol. The van der Waals surface area contributed by atoms with Crippen LogP contribution in [0.4, 0.5) is 0 Å². The van der Waals surface area contributed by atoms with Gasteiger partial charge in [-0.05, 0) is 42.5 Å². The van der Waals surface area contributed by atoms with Crippen LogP contribution >= 0.6 is 15.9 Å². The third-order valence-corrected chi connectivity index (χ3v) is 3.67. The van der Waals surface area contributed by atoms with E-state index in [-0.39, 0.29) is 5.91 Å². The fraction of sp³-hybridized carbons (Fsp3) is 0.235. The zero-order chi connectivity index (χ0) is 15.9. The molecule has 2 aromatic rings. The van der Waals surface area contributed by atoms with Gasteiger partial charge in [-0.15, -0.1) is 0 Å². The van der Waals surface area contributed by atoms with E-state index >= 15 is 0 Å². The molecule has 2 aromatic carbocycles. The number of benzene rings is 2. The molecule has 0 aliphatic heterocycles. The molecule has 22 heavy (non-hydrogen) atoms.